The van der Waals surface area contributed by atoms with Crippen molar-refractivity contribution in [3.63, 3.8) is 0 Å². The summed E-state index contributed by atoms with van der Waals surface area (Å²) in [5, 5.41) is 2.92. The minimum absolute atomic E-state index is 0.0394. The van der Waals surface area contributed by atoms with Crippen LogP contribution in [0.1, 0.15) is 28.7 Å². The molecule has 0 aliphatic rings. The van der Waals surface area contributed by atoms with Gasteiger partial charge in [-0.1, -0.05) is 28.1 Å². The van der Waals surface area contributed by atoms with Crippen LogP contribution in [-0.4, -0.2) is 68.8 Å². The summed E-state index contributed by atoms with van der Waals surface area (Å²) in [7, 11) is 3.21. The van der Waals surface area contributed by atoms with Crippen molar-refractivity contribution in [2.45, 2.75) is 33.2 Å². The lowest BCUT2D eigenvalue weighted by Gasteiger charge is -2.28. The van der Waals surface area contributed by atoms with E-state index in [9.17, 15) is 9.59 Å². The van der Waals surface area contributed by atoms with Crippen molar-refractivity contribution in [3.05, 3.63) is 74.4 Å². The number of hydrogen-bond donors (Lipinski definition) is 1. The summed E-state index contributed by atoms with van der Waals surface area (Å²) >= 11 is 5.11. The van der Waals surface area contributed by atoms with Gasteiger partial charge in [0.05, 0.1) is 20.8 Å². The molecule has 8 nitrogen and oxygen atoms in total. The van der Waals surface area contributed by atoms with Crippen molar-refractivity contribution in [2.75, 3.05) is 52.4 Å². The molecule has 0 unspecified atom stereocenters. The van der Waals surface area contributed by atoms with Gasteiger partial charge >= 0.3 is 6.03 Å². The van der Waals surface area contributed by atoms with Crippen molar-refractivity contribution in [1.82, 2.24) is 9.80 Å². The van der Waals surface area contributed by atoms with Gasteiger partial charge in [-0.25, -0.2) is 4.79 Å². The molecule has 0 spiro atoms. The molecule has 0 atom stereocenters. The molecule has 0 saturated heterocycles. The Labute approximate surface area is 249 Å². The second-order valence-electron chi connectivity index (χ2n) is 9.18. The Morgan fingerprint density at radius 3 is 2.45 bits per heavy atom. The second-order valence-corrected chi connectivity index (χ2v) is 11.5. The smallest absolute Gasteiger partial charge is 0.322 e. The molecule has 2 aromatic carbocycles. The number of thiophene rings is 1. The topological polar surface area (TPSA) is 80.3 Å². The number of benzene rings is 2. The Kier molecular flexibility index (Phi) is 12.8. The SMILES string of the molecule is CCOCCCN(CC(=O)N(CCc1ccc(OC)c(OC)c1)Cc1ccc(C)s1)C(=O)Nc1cccc(Br)c1. The molecule has 0 saturated carbocycles. The first-order valence-corrected chi connectivity index (χ1v) is 14.9. The highest BCUT2D eigenvalue weighted by Crippen LogP contribution is 2.28. The van der Waals surface area contributed by atoms with Crippen molar-refractivity contribution in [2.24, 2.45) is 0 Å². The van der Waals surface area contributed by atoms with E-state index in [0.29, 0.717) is 62.9 Å². The first kappa shape index (κ1) is 31.4. The van der Waals surface area contributed by atoms with Gasteiger partial charge < -0.3 is 29.3 Å². The molecule has 3 aromatic rings. The third kappa shape index (κ3) is 9.83. The number of ether oxygens (including phenoxy) is 3. The Morgan fingerprint density at radius 2 is 1.77 bits per heavy atom. The predicted molar refractivity (Wildman–Crippen MR) is 164 cm³/mol. The van der Waals surface area contributed by atoms with Crippen LogP contribution in [0.15, 0.2) is 59.1 Å². The van der Waals surface area contributed by atoms with Crippen LogP contribution < -0.4 is 14.8 Å². The normalized spacial score (nSPS) is 10.7. The third-order valence-electron chi connectivity index (χ3n) is 6.22. The molecular weight excluding hydrogens is 594 g/mol. The van der Waals surface area contributed by atoms with Crippen molar-refractivity contribution < 1.29 is 23.8 Å². The quantitative estimate of drug-likeness (QED) is 0.197. The minimum atomic E-state index is -0.324. The number of methoxy groups -OCH3 is 2. The van der Waals surface area contributed by atoms with Gasteiger partial charge in [0.1, 0.15) is 6.54 Å². The van der Waals surface area contributed by atoms with Gasteiger partial charge in [0.15, 0.2) is 11.5 Å². The molecular formula is C30H38BrN3O5S. The summed E-state index contributed by atoms with van der Waals surface area (Å²) in [5.41, 5.74) is 1.68. The highest BCUT2D eigenvalue weighted by Gasteiger charge is 2.22. The van der Waals surface area contributed by atoms with Gasteiger partial charge in [-0.2, -0.15) is 0 Å². The highest BCUT2D eigenvalue weighted by molar-refractivity contribution is 9.10. The monoisotopic (exact) mass is 631 g/mol. The number of hydrogen-bond acceptors (Lipinski definition) is 6. The lowest BCUT2D eigenvalue weighted by Crippen LogP contribution is -2.45. The number of carbonyl (C=O) groups excluding carboxylic acids is 2. The van der Waals surface area contributed by atoms with Gasteiger partial charge in [-0.3, -0.25) is 4.79 Å². The number of anilines is 1. The van der Waals surface area contributed by atoms with Crippen LogP contribution in [0.3, 0.4) is 0 Å². The zero-order valence-electron chi connectivity index (χ0n) is 23.6. The summed E-state index contributed by atoms with van der Waals surface area (Å²) in [5.74, 6) is 1.19. The van der Waals surface area contributed by atoms with E-state index in [2.05, 4.69) is 40.3 Å². The van der Waals surface area contributed by atoms with E-state index in [0.717, 1.165) is 14.9 Å². The van der Waals surface area contributed by atoms with Crippen LogP contribution in [0.5, 0.6) is 11.5 Å². The van der Waals surface area contributed by atoms with Crippen LogP contribution in [0.25, 0.3) is 0 Å². The molecule has 40 heavy (non-hydrogen) atoms. The van der Waals surface area contributed by atoms with Crippen LogP contribution >= 0.6 is 27.3 Å². The van der Waals surface area contributed by atoms with Crippen LogP contribution in [0.2, 0.25) is 0 Å². The van der Waals surface area contributed by atoms with Crippen molar-refractivity contribution >= 4 is 44.9 Å². The van der Waals surface area contributed by atoms with Crippen molar-refractivity contribution in [1.29, 1.82) is 0 Å². The average molecular weight is 633 g/mol. The largest absolute Gasteiger partial charge is 0.493 e. The zero-order valence-corrected chi connectivity index (χ0v) is 26.0. The number of nitrogens with one attached hydrogen (secondary N) is 1. The molecule has 1 aromatic heterocycles. The number of aryl methyl sites for hydroxylation is 1. The maximum atomic E-state index is 13.7. The van der Waals surface area contributed by atoms with Gasteiger partial charge in [0.25, 0.3) is 0 Å². The van der Waals surface area contributed by atoms with E-state index in [1.165, 1.54) is 4.88 Å². The first-order valence-electron chi connectivity index (χ1n) is 13.3. The van der Waals surface area contributed by atoms with E-state index in [1.54, 1.807) is 30.5 Å². The Hall–Kier alpha value is -3.08. The number of amides is 3. The molecule has 1 heterocycles. The van der Waals surface area contributed by atoms with Gasteiger partial charge in [0.2, 0.25) is 5.91 Å². The van der Waals surface area contributed by atoms with E-state index >= 15 is 0 Å². The molecule has 0 bridgehead atoms. The lowest BCUT2D eigenvalue weighted by atomic mass is 10.1. The fourth-order valence-electron chi connectivity index (χ4n) is 4.14. The second kappa shape index (κ2) is 16.2. The molecule has 3 amide bonds. The highest BCUT2D eigenvalue weighted by atomic mass is 79.9. The first-order chi connectivity index (χ1) is 19.3. The number of urea groups is 1. The van der Waals surface area contributed by atoms with Crippen LogP contribution in [0, 0.1) is 6.92 Å². The Morgan fingerprint density at radius 1 is 0.975 bits per heavy atom. The van der Waals surface area contributed by atoms with E-state index in [4.69, 9.17) is 14.2 Å². The van der Waals surface area contributed by atoms with E-state index < -0.39 is 0 Å². The number of halogens is 1. The van der Waals surface area contributed by atoms with Crippen molar-refractivity contribution in [3.8, 4) is 11.5 Å². The lowest BCUT2D eigenvalue weighted by molar-refractivity contribution is -0.132. The molecule has 216 valence electrons. The van der Waals surface area contributed by atoms with E-state index in [1.807, 2.05) is 54.3 Å². The molecule has 0 aliphatic carbocycles. The predicted octanol–water partition coefficient (Wildman–Crippen LogP) is 6.37. The molecule has 10 heteroatoms. The van der Waals surface area contributed by atoms with Crippen LogP contribution in [0.4, 0.5) is 10.5 Å². The fourth-order valence-corrected chi connectivity index (χ4v) is 5.44. The van der Waals surface area contributed by atoms with E-state index in [-0.39, 0.29) is 18.5 Å². The molecule has 0 fully saturated rings. The van der Waals surface area contributed by atoms with Gasteiger partial charge in [-0.05, 0) is 74.7 Å². The number of rotatable bonds is 15. The number of carbonyl (C=O) groups is 2. The maximum absolute atomic E-state index is 13.7. The standard InChI is InChI=1S/C30H38BrN3O5S/c1-5-39-17-7-15-34(30(36)32-25-9-6-8-24(31)19-25)21-29(35)33(20-26-12-10-22(2)40-26)16-14-23-11-13-27(37-3)28(18-23)38-4/h6,8-13,18-19H,5,7,14-17,20-21H2,1-4H3,(H,32,36). The number of nitrogens with zero attached hydrogens (tertiary/aromatic N) is 2. The molecule has 0 radical (unpaired) electrons. The Balaban J connectivity index is 1.76. The summed E-state index contributed by atoms with van der Waals surface area (Å²) in [4.78, 5) is 32.7. The fraction of sp³-hybridized carbons (Fsp3) is 0.400. The summed E-state index contributed by atoms with van der Waals surface area (Å²) in [6, 6.07) is 16.9. The minimum Gasteiger partial charge on any atom is -0.493 e. The Bertz CT molecular complexity index is 1250. The average Bonchev–Trinajstić information content (AvgIpc) is 3.36. The molecule has 1 N–H and O–H groups in total. The summed E-state index contributed by atoms with van der Waals surface area (Å²) in [6.45, 7) is 6.43. The molecule has 3 rings (SSSR count). The van der Waals surface area contributed by atoms with Crippen LogP contribution in [-0.2, 0) is 22.5 Å². The maximum Gasteiger partial charge on any atom is 0.322 e. The molecule has 0 aliphatic heterocycles. The zero-order chi connectivity index (χ0) is 28.9. The van der Waals surface area contributed by atoms with Gasteiger partial charge in [-0.15, -0.1) is 11.3 Å². The summed E-state index contributed by atoms with van der Waals surface area (Å²) < 4.78 is 17.1. The van der Waals surface area contributed by atoms with Gasteiger partial charge in [0, 0.05) is 46.2 Å². The summed E-state index contributed by atoms with van der Waals surface area (Å²) in [6.07, 6.45) is 1.26. The third-order valence-corrected chi connectivity index (χ3v) is 7.70.